The summed E-state index contributed by atoms with van der Waals surface area (Å²) in [5.74, 6) is 3.35. The third kappa shape index (κ3) is 1.83. The Labute approximate surface area is 90.8 Å². The first-order valence-electron chi connectivity index (χ1n) is 4.38. The Morgan fingerprint density at radius 3 is 3.14 bits per heavy atom. The maximum Gasteiger partial charge on any atom is 0.142 e. The molecule has 5 heteroatoms. The summed E-state index contributed by atoms with van der Waals surface area (Å²) in [5, 5.41) is 2.96. The molecule has 2 heterocycles. The Bertz CT molecular complexity index is 439. The first-order valence-corrected chi connectivity index (χ1v) is 6.42. The first kappa shape index (κ1) is 9.73. The van der Waals surface area contributed by atoms with Crippen molar-refractivity contribution in [2.75, 3.05) is 11.5 Å². The van der Waals surface area contributed by atoms with Gasteiger partial charge in [0, 0.05) is 0 Å². The number of nitrogen functional groups attached to an aromatic ring is 1. The zero-order valence-corrected chi connectivity index (χ0v) is 9.49. The van der Waals surface area contributed by atoms with Gasteiger partial charge in [-0.25, -0.2) is 9.97 Å². The van der Waals surface area contributed by atoms with Gasteiger partial charge in [0.2, 0.25) is 0 Å². The Morgan fingerprint density at radius 2 is 2.36 bits per heavy atom. The summed E-state index contributed by atoms with van der Waals surface area (Å²) in [7, 11) is 0. The second-order valence-electron chi connectivity index (χ2n) is 2.80. The molecule has 0 unspecified atom stereocenters. The fourth-order valence-corrected chi connectivity index (χ4v) is 2.49. The van der Waals surface area contributed by atoms with Crippen LogP contribution in [0.25, 0.3) is 10.2 Å². The van der Waals surface area contributed by atoms with E-state index in [-0.39, 0.29) is 0 Å². The Kier molecular flexibility index (Phi) is 2.88. The Morgan fingerprint density at radius 1 is 1.50 bits per heavy atom. The smallest absolute Gasteiger partial charge is 0.142 e. The van der Waals surface area contributed by atoms with Gasteiger partial charge in [-0.2, -0.15) is 11.8 Å². The first-order chi connectivity index (χ1) is 6.81. The SMILES string of the molecule is CCSCc1nc(N)c2ccsc2n1. The molecule has 2 aromatic heterocycles. The van der Waals surface area contributed by atoms with Crippen LogP contribution in [0.1, 0.15) is 12.7 Å². The molecule has 0 radical (unpaired) electrons. The normalized spacial score (nSPS) is 10.9. The van der Waals surface area contributed by atoms with E-state index in [1.54, 1.807) is 23.1 Å². The summed E-state index contributed by atoms with van der Waals surface area (Å²) >= 11 is 3.41. The number of thiophene rings is 1. The van der Waals surface area contributed by atoms with Crippen LogP contribution >= 0.6 is 23.1 Å². The number of thioether (sulfide) groups is 1. The summed E-state index contributed by atoms with van der Waals surface area (Å²) < 4.78 is 0. The molecule has 14 heavy (non-hydrogen) atoms. The van der Waals surface area contributed by atoms with Crippen LogP contribution in [-0.2, 0) is 5.75 Å². The fraction of sp³-hybridized carbons (Fsp3) is 0.333. The molecular formula is C9H11N3S2. The van der Waals surface area contributed by atoms with Crippen molar-refractivity contribution >= 4 is 39.1 Å². The molecular weight excluding hydrogens is 214 g/mol. The number of nitrogens with two attached hydrogens (primary N) is 1. The monoisotopic (exact) mass is 225 g/mol. The van der Waals surface area contributed by atoms with Crippen molar-refractivity contribution < 1.29 is 0 Å². The summed E-state index contributed by atoms with van der Waals surface area (Å²) in [6.45, 7) is 2.12. The molecule has 0 amide bonds. The van der Waals surface area contributed by atoms with Crippen LogP contribution in [0.15, 0.2) is 11.4 Å². The van der Waals surface area contributed by atoms with Crippen LogP contribution in [0.2, 0.25) is 0 Å². The van der Waals surface area contributed by atoms with Gasteiger partial charge in [0.05, 0.1) is 11.1 Å². The summed E-state index contributed by atoms with van der Waals surface area (Å²) in [6, 6.07) is 1.96. The number of aromatic nitrogens is 2. The molecule has 0 aromatic carbocycles. The average Bonchev–Trinajstić information content (AvgIpc) is 2.63. The van der Waals surface area contributed by atoms with Crippen molar-refractivity contribution in [1.82, 2.24) is 9.97 Å². The van der Waals surface area contributed by atoms with Crippen LogP contribution in [0.3, 0.4) is 0 Å². The highest BCUT2D eigenvalue weighted by molar-refractivity contribution is 7.98. The molecule has 0 aliphatic carbocycles. The lowest BCUT2D eigenvalue weighted by atomic mass is 10.4. The second-order valence-corrected chi connectivity index (χ2v) is 4.97. The van der Waals surface area contributed by atoms with Crippen LogP contribution in [0.4, 0.5) is 5.82 Å². The molecule has 0 aliphatic rings. The number of anilines is 1. The van der Waals surface area contributed by atoms with Gasteiger partial charge in [-0.05, 0) is 17.2 Å². The van der Waals surface area contributed by atoms with E-state index in [4.69, 9.17) is 5.73 Å². The highest BCUT2D eigenvalue weighted by Crippen LogP contribution is 2.23. The minimum Gasteiger partial charge on any atom is -0.383 e. The van der Waals surface area contributed by atoms with E-state index in [1.807, 2.05) is 11.4 Å². The highest BCUT2D eigenvalue weighted by Gasteiger charge is 2.05. The lowest BCUT2D eigenvalue weighted by molar-refractivity contribution is 1.08. The number of rotatable bonds is 3. The van der Waals surface area contributed by atoms with Gasteiger partial charge in [-0.3, -0.25) is 0 Å². The van der Waals surface area contributed by atoms with E-state index < -0.39 is 0 Å². The molecule has 2 aromatic rings. The molecule has 0 fully saturated rings. The van der Waals surface area contributed by atoms with Gasteiger partial charge >= 0.3 is 0 Å². The molecule has 0 aliphatic heterocycles. The van der Waals surface area contributed by atoms with Crippen molar-refractivity contribution in [3.63, 3.8) is 0 Å². The lowest BCUT2D eigenvalue weighted by Crippen LogP contribution is -1.98. The van der Waals surface area contributed by atoms with Crippen molar-refractivity contribution in [1.29, 1.82) is 0 Å². The Hall–Kier alpha value is -0.810. The molecule has 0 saturated heterocycles. The standard InChI is InChI=1S/C9H11N3S2/c1-2-13-5-7-11-8(10)6-3-4-14-9(6)12-7/h3-4H,2,5H2,1H3,(H2,10,11,12). The molecule has 2 N–H and O–H groups in total. The predicted molar refractivity (Wildman–Crippen MR) is 63.7 cm³/mol. The van der Waals surface area contributed by atoms with Crippen LogP contribution in [-0.4, -0.2) is 15.7 Å². The highest BCUT2D eigenvalue weighted by atomic mass is 32.2. The second kappa shape index (κ2) is 4.14. The molecule has 0 saturated carbocycles. The minimum atomic E-state index is 0.600. The molecule has 0 bridgehead atoms. The largest absolute Gasteiger partial charge is 0.383 e. The van der Waals surface area contributed by atoms with Gasteiger partial charge in [-0.1, -0.05) is 6.92 Å². The van der Waals surface area contributed by atoms with Gasteiger partial charge in [0.15, 0.2) is 0 Å². The third-order valence-corrected chi connectivity index (χ3v) is 3.51. The molecule has 74 valence electrons. The van der Waals surface area contributed by atoms with Crippen molar-refractivity contribution in [3.8, 4) is 0 Å². The van der Waals surface area contributed by atoms with E-state index in [1.165, 1.54) is 0 Å². The predicted octanol–water partition coefficient (Wildman–Crippen LogP) is 2.53. The van der Waals surface area contributed by atoms with E-state index >= 15 is 0 Å². The van der Waals surface area contributed by atoms with Crippen molar-refractivity contribution in [3.05, 3.63) is 17.3 Å². The molecule has 0 spiro atoms. The van der Waals surface area contributed by atoms with Crippen molar-refractivity contribution in [2.45, 2.75) is 12.7 Å². The summed E-state index contributed by atoms with van der Waals surface area (Å²) in [6.07, 6.45) is 0. The van der Waals surface area contributed by atoms with Crippen LogP contribution in [0.5, 0.6) is 0 Å². The number of nitrogens with zero attached hydrogens (tertiary/aromatic N) is 2. The van der Waals surface area contributed by atoms with Gasteiger partial charge < -0.3 is 5.73 Å². The van der Waals surface area contributed by atoms with Crippen LogP contribution in [0, 0.1) is 0 Å². The quantitative estimate of drug-likeness (QED) is 0.872. The average molecular weight is 225 g/mol. The summed E-state index contributed by atoms with van der Waals surface area (Å²) in [4.78, 5) is 9.69. The fourth-order valence-electron chi connectivity index (χ4n) is 1.18. The minimum absolute atomic E-state index is 0.600. The molecule has 0 atom stereocenters. The zero-order valence-electron chi connectivity index (χ0n) is 7.86. The van der Waals surface area contributed by atoms with Gasteiger partial charge in [0.1, 0.15) is 16.5 Å². The number of hydrogen-bond donors (Lipinski definition) is 1. The topological polar surface area (TPSA) is 51.8 Å². The van der Waals surface area contributed by atoms with Gasteiger partial charge in [0.25, 0.3) is 0 Å². The maximum atomic E-state index is 5.82. The number of hydrogen-bond acceptors (Lipinski definition) is 5. The zero-order chi connectivity index (χ0) is 9.97. The van der Waals surface area contributed by atoms with E-state index in [0.717, 1.165) is 27.5 Å². The molecule has 2 rings (SSSR count). The maximum absolute atomic E-state index is 5.82. The lowest BCUT2D eigenvalue weighted by Gasteiger charge is -2.00. The summed E-state index contributed by atoms with van der Waals surface area (Å²) in [5.41, 5.74) is 5.82. The van der Waals surface area contributed by atoms with Crippen LogP contribution < -0.4 is 5.73 Å². The third-order valence-electron chi connectivity index (χ3n) is 1.84. The van der Waals surface area contributed by atoms with E-state index in [0.29, 0.717) is 5.82 Å². The molecule has 3 nitrogen and oxygen atoms in total. The Balaban J connectivity index is 2.38. The number of fused-ring (bicyclic) bond motifs is 1. The van der Waals surface area contributed by atoms with Crippen molar-refractivity contribution in [2.24, 2.45) is 0 Å². The van der Waals surface area contributed by atoms with E-state index in [2.05, 4.69) is 16.9 Å². The van der Waals surface area contributed by atoms with Gasteiger partial charge in [-0.15, -0.1) is 11.3 Å². The van der Waals surface area contributed by atoms with E-state index in [9.17, 15) is 0 Å².